The molecule has 16 heteroatoms. The molecule has 5 N–H and O–H groups in total. The lowest BCUT2D eigenvalue weighted by Crippen LogP contribution is -2.60. The number of rotatable bonds is 16. The summed E-state index contributed by atoms with van der Waals surface area (Å²) in [5.74, 6) is -1.44. The standard InChI is InChI=1S/C43H61Cl2N7O7/c1-28(37(54)51-20-22-52(23-21-51)39(56)43(6,46)27-42(4,5)40(57)58)26-41(2,3)38(55)48-31-12-13-33(36(45)35(31)44)50-18-16-49(17-19-50)15-7-8-24-59-30-11-9-29-10-14-34(53)47-32(29)25-30/h9,11-13,25,28H,7-8,10,14-24,26-27,46H2,1-6H3,(H,47,53)(H,48,55)(H,57,58). The van der Waals surface area contributed by atoms with Gasteiger partial charge in [0.1, 0.15) is 5.75 Å². The highest BCUT2D eigenvalue weighted by Crippen LogP contribution is 2.40. The molecule has 324 valence electrons. The molecule has 0 radical (unpaired) electrons. The Bertz CT molecular complexity index is 1890. The Balaban J connectivity index is 1.04. The van der Waals surface area contributed by atoms with Gasteiger partial charge in [-0.2, -0.15) is 0 Å². The third-order valence-electron chi connectivity index (χ3n) is 11.7. The van der Waals surface area contributed by atoms with Crippen LogP contribution in [-0.2, 0) is 30.4 Å². The molecule has 2 atom stereocenters. The predicted octanol–water partition coefficient (Wildman–Crippen LogP) is 5.74. The Kier molecular flexibility index (Phi) is 14.9. The van der Waals surface area contributed by atoms with E-state index >= 15 is 0 Å². The number of carboxylic acids is 1. The Labute approximate surface area is 358 Å². The van der Waals surface area contributed by atoms with E-state index < -0.39 is 28.3 Å². The van der Waals surface area contributed by atoms with E-state index in [1.807, 2.05) is 24.3 Å². The zero-order valence-corrected chi connectivity index (χ0v) is 36.8. The summed E-state index contributed by atoms with van der Waals surface area (Å²) in [6.07, 6.45) is 3.44. The molecule has 2 saturated heterocycles. The van der Waals surface area contributed by atoms with E-state index in [1.54, 1.807) is 57.4 Å². The number of anilines is 3. The van der Waals surface area contributed by atoms with Crippen molar-refractivity contribution < 1.29 is 33.8 Å². The summed E-state index contributed by atoms with van der Waals surface area (Å²) >= 11 is 13.6. The molecule has 0 aromatic heterocycles. The molecule has 2 fully saturated rings. The van der Waals surface area contributed by atoms with E-state index in [9.17, 15) is 29.1 Å². The molecule has 59 heavy (non-hydrogen) atoms. The summed E-state index contributed by atoms with van der Waals surface area (Å²) in [6, 6.07) is 9.55. The van der Waals surface area contributed by atoms with E-state index in [4.69, 9.17) is 33.7 Å². The monoisotopic (exact) mass is 857 g/mol. The fourth-order valence-electron chi connectivity index (χ4n) is 8.27. The van der Waals surface area contributed by atoms with Gasteiger partial charge >= 0.3 is 5.97 Å². The van der Waals surface area contributed by atoms with Crippen LogP contribution in [0.5, 0.6) is 5.75 Å². The number of carbonyl (C=O) groups excluding carboxylic acids is 4. The van der Waals surface area contributed by atoms with Crippen molar-refractivity contribution in [2.45, 2.75) is 85.6 Å². The van der Waals surface area contributed by atoms with Crippen LogP contribution in [0.1, 0.15) is 79.2 Å². The Morgan fingerprint density at radius 2 is 1.54 bits per heavy atom. The lowest BCUT2D eigenvalue weighted by molar-refractivity contribution is -0.151. The molecule has 3 aliphatic rings. The van der Waals surface area contributed by atoms with Gasteiger partial charge in [-0.1, -0.05) is 50.0 Å². The Morgan fingerprint density at radius 3 is 2.20 bits per heavy atom. The van der Waals surface area contributed by atoms with Crippen molar-refractivity contribution in [1.82, 2.24) is 14.7 Å². The number of carboxylic acid groups (broad SMARTS) is 1. The summed E-state index contributed by atoms with van der Waals surface area (Å²) < 4.78 is 5.96. The van der Waals surface area contributed by atoms with Crippen LogP contribution in [0.3, 0.4) is 0 Å². The van der Waals surface area contributed by atoms with Gasteiger partial charge in [0.15, 0.2) is 0 Å². The second-order valence-electron chi connectivity index (χ2n) is 17.9. The zero-order chi connectivity index (χ0) is 43.3. The second-order valence-corrected chi connectivity index (χ2v) is 18.6. The average Bonchev–Trinajstić information content (AvgIpc) is 3.18. The van der Waals surface area contributed by atoms with Gasteiger partial charge in [-0.25, -0.2) is 0 Å². The van der Waals surface area contributed by atoms with Crippen molar-refractivity contribution >= 4 is 69.9 Å². The summed E-state index contributed by atoms with van der Waals surface area (Å²) in [6.45, 7) is 16.1. The first kappa shape index (κ1) is 46.0. The molecule has 0 spiro atoms. The number of unbranched alkanes of at least 4 members (excludes halogenated alkanes) is 1. The smallest absolute Gasteiger partial charge is 0.309 e. The van der Waals surface area contributed by atoms with Crippen molar-refractivity contribution in [2.75, 3.05) is 81.0 Å². The number of hydrogen-bond donors (Lipinski definition) is 4. The van der Waals surface area contributed by atoms with E-state index in [-0.39, 0.29) is 54.6 Å². The number of aliphatic carboxylic acids is 1. The molecule has 3 aliphatic heterocycles. The molecular formula is C43H61Cl2N7O7. The number of nitrogens with two attached hydrogens (primary N) is 1. The van der Waals surface area contributed by atoms with Crippen LogP contribution in [0.25, 0.3) is 0 Å². The van der Waals surface area contributed by atoms with Crippen molar-refractivity contribution in [1.29, 1.82) is 0 Å². The number of ether oxygens (including phenoxy) is 1. The van der Waals surface area contributed by atoms with Crippen LogP contribution in [0.2, 0.25) is 10.0 Å². The van der Waals surface area contributed by atoms with Crippen LogP contribution < -0.4 is 26.0 Å². The van der Waals surface area contributed by atoms with Gasteiger partial charge in [0.25, 0.3) is 0 Å². The number of halogens is 2. The predicted molar refractivity (Wildman–Crippen MR) is 231 cm³/mol. The number of benzene rings is 2. The fraction of sp³-hybridized carbons (Fsp3) is 0.605. The number of amides is 4. The second kappa shape index (κ2) is 19.1. The summed E-state index contributed by atoms with van der Waals surface area (Å²) in [5, 5.41) is 16.0. The maximum Gasteiger partial charge on any atom is 0.309 e. The lowest BCUT2D eigenvalue weighted by Gasteiger charge is -2.41. The summed E-state index contributed by atoms with van der Waals surface area (Å²) in [4.78, 5) is 71.6. The molecule has 5 rings (SSSR count). The SMILES string of the molecule is CC(CC(C)(C)C(=O)Nc1ccc(N2CCN(CCCCOc3ccc4c(c3)NC(=O)CC4)CC2)c(Cl)c1Cl)C(=O)N1CCN(C(=O)C(C)(N)CC(C)(C)C(=O)O)CC1. The number of nitrogens with one attached hydrogen (secondary N) is 2. The number of fused-ring (bicyclic) bond motifs is 1. The summed E-state index contributed by atoms with van der Waals surface area (Å²) in [7, 11) is 0. The minimum atomic E-state index is -1.37. The Morgan fingerprint density at radius 1 is 0.881 bits per heavy atom. The minimum Gasteiger partial charge on any atom is -0.494 e. The molecule has 14 nitrogen and oxygen atoms in total. The highest BCUT2D eigenvalue weighted by molar-refractivity contribution is 6.45. The van der Waals surface area contributed by atoms with Crippen molar-refractivity contribution in [3.8, 4) is 5.75 Å². The van der Waals surface area contributed by atoms with Gasteiger partial charge in [-0.05, 0) is 83.2 Å². The maximum atomic E-state index is 13.6. The number of hydrogen-bond acceptors (Lipinski definition) is 9. The van der Waals surface area contributed by atoms with Crippen LogP contribution in [-0.4, -0.2) is 120 Å². The van der Waals surface area contributed by atoms with E-state index in [0.29, 0.717) is 36.8 Å². The van der Waals surface area contributed by atoms with Crippen LogP contribution in [0.4, 0.5) is 17.1 Å². The molecule has 4 amide bonds. The third kappa shape index (κ3) is 11.6. The largest absolute Gasteiger partial charge is 0.494 e. The van der Waals surface area contributed by atoms with Gasteiger partial charge in [0.2, 0.25) is 23.6 Å². The fourth-order valence-corrected chi connectivity index (χ4v) is 8.76. The molecule has 0 bridgehead atoms. The molecular weight excluding hydrogens is 797 g/mol. The first-order valence-corrected chi connectivity index (χ1v) is 21.4. The van der Waals surface area contributed by atoms with Gasteiger partial charge in [0.05, 0.1) is 39.0 Å². The minimum absolute atomic E-state index is 0.0256. The average molecular weight is 859 g/mol. The summed E-state index contributed by atoms with van der Waals surface area (Å²) in [5.41, 5.74) is 6.05. The number of piperazine rings is 2. The van der Waals surface area contributed by atoms with Crippen LogP contribution in [0.15, 0.2) is 30.3 Å². The molecule has 0 aliphatic carbocycles. The molecule has 2 aromatic carbocycles. The lowest BCUT2D eigenvalue weighted by atomic mass is 9.79. The quantitative estimate of drug-likeness (QED) is 0.152. The van der Waals surface area contributed by atoms with Gasteiger partial charge in [0, 0.05) is 81.9 Å². The van der Waals surface area contributed by atoms with Crippen molar-refractivity contribution in [3.05, 3.63) is 45.9 Å². The van der Waals surface area contributed by atoms with Gasteiger partial charge in [-0.15, -0.1) is 0 Å². The number of carbonyl (C=O) groups is 5. The van der Waals surface area contributed by atoms with Crippen molar-refractivity contribution in [2.24, 2.45) is 22.5 Å². The van der Waals surface area contributed by atoms with Gasteiger partial charge < -0.3 is 40.9 Å². The molecule has 3 heterocycles. The highest BCUT2D eigenvalue weighted by Gasteiger charge is 2.43. The molecule has 0 saturated carbocycles. The van der Waals surface area contributed by atoms with Crippen molar-refractivity contribution in [3.63, 3.8) is 0 Å². The normalized spacial score (nSPS) is 18.1. The number of aryl methyl sites for hydroxylation is 1. The maximum absolute atomic E-state index is 13.6. The van der Waals surface area contributed by atoms with E-state index in [1.165, 1.54) is 0 Å². The Hall–Kier alpha value is -4.11. The topological polar surface area (TPSA) is 178 Å². The molecule has 2 aromatic rings. The number of nitrogens with zero attached hydrogens (tertiary/aromatic N) is 4. The van der Waals surface area contributed by atoms with Crippen LogP contribution in [0, 0.1) is 16.7 Å². The third-order valence-corrected chi connectivity index (χ3v) is 12.6. The van der Waals surface area contributed by atoms with E-state index in [2.05, 4.69) is 20.4 Å². The van der Waals surface area contributed by atoms with E-state index in [0.717, 1.165) is 74.7 Å². The van der Waals surface area contributed by atoms with Gasteiger partial charge in [-0.3, -0.25) is 28.9 Å². The highest BCUT2D eigenvalue weighted by atomic mass is 35.5. The first-order chi connectivity index (χ1) is 27.7. The van der Waals surface area contributed by atoms with Crippen LogP contribution >= 0.6 is 23.2 Å². The molecule has 2 unspecified atom stereocenters. The first-order valence-electron chi connectivity index (χ1n) is 20.6. The zero-order valence-electron chi connectivity index (χ0n) is 35.3.